The molecular formula is C18H22N6O3. The number of aryl methyl sites for hydroxylation is 2. The van der Waals surface area contributed by atoms with Crippen molar-refractivity contribution >= 4 is 17.6 Å². The first kappa shape index (κ1) is 17.5. The van der Waals surface area contributed by atoms with Gasteiger partial charge in [0.15, 0.2) is 0 Å². The normalized spacial score (nSPS) is 20.1. The molecule has 0 radical (unpaired) electrons. The fraction of sp³-hybridized carbons (Fsp3) is 0.444. The molecule has 1 aromatic heterocycles. The number of piperazine rings is 2. The molecule has 4 rings (SSSR count). The number of benzene rings is 1. The maximum atomic E-state index is 12.8. The minimum atomic E-state index is -0.271. The molecule has 0 bridgehead atoms. The number of amides is 3. The zero-order valence-electron chi connectivity index (χ0n) is 15.4. The SMILES string of the molecule is Cc1nnc(-c2ccc(C)c(NC(=O)N3CCN4CCNC(=O)[C@H]4C3)c2)o1. The van der Waals surface area contributed by atoms with E-state index >= 15 is 0 Å². The first-order valence-corrected chi connectivity index (χ1v) is 9.00. The quantitative estimate of drug-likeness (QED) is 0.817. The third kappa shape index (κ3) is 3.50. The highest BCUT2D eigenvalue weighted by atomic mass is 16.4. The molecule has 0 unspecified atom stereocenters. The van der Waals surface area contributed by atoms with Crippen LogP contribution in [0.1, 0.15) is 11.5 Å². The van der Waals surface area contributed by atoms with Gasteiger partial charge in [0.1, 0.15) is 6.04 Å². The number of carbonyl (C=O) groups is 2. The van der Waals surface area contributed by atoms with Gasteiger partial charge in [0.25, 0.3) is 0 Å². The van der Waals surface area contributed by atoms with E-state index in [1.54, 1.807) is 11.8 Å². The fourth-order valence-corrected chi connectivity index (χ4v) is 3.46. The number of hydrogen-bond acceptors (Lipinski definition) is 6. The first-order valence-electron chi connectivity index (χ1n) is 9.00. The monoisotopic (exact) mass is 370 g/mol. The van der Waals surface area contributed by atoms with Crippen molar-refractivity contribution in [2.45, 2.75) is 19.9 Å². The molecule has 9 nitrogen and oxygen atoms in total. The van der Waals surface area contributed by atoms with Gasteiger partial charge in [-0.1, -0.05) is 6.07 Å². The van der Waals surface area contributed by atoms with Gasteiger partial charge in [-0.15, -0.1) is 10.2 Å². The molecule has 2 aliphatic rings. The van der Waals surface area contributed by atoms with Gasteiger partial charge in [0, 0.05) is 50.9 Å². The molecule has 1 atom stereocenters. The maximum absolute atomic E-state index is 12.8. The Morgan fingerprint density at radius 3 is 2.89 bits per heavy atom. The van der Waals surface area contributed by atoms with Crippen molar-refractivity contribution in [3.63, 3.8) is 0 Å². The van der Waals surface area contributed by atoms with Gasteiger partial charge in [-0.2, -0.15) is 0 Å². The lowest BCUT2D eigenvalue weighted by atomic mass is 10.1. The number of carbonyl (C=O) groups excluding carboxylic acids is 2. The molecule has 0 aliphatic carbocycles. The lowest BCUT2D eigenvalue weighted by Crippen LogP contribution is -2.64. The summed E-state index contributed by atoms with van der Waals surface area (Å²) in [7, 11) is 0. The largest absolute Gasteiger partial charge is 0.421 e. The van der Waals surface area contributed by atoms with Crippen LogP contribution in [0.3, 0.4) is 0 Å². The van der Waals surface area contributed by atoms with Crippen molar-refractivity contribution in [2.75, 3.05) is 38.0 Å². The summed E-state index contributed by atoms with van der Waals surface area (Å²) in [5.41, 5.74) is 2.36. The molecule has 2 aliphatic heterocycles. The van der Waals surface area contributed by atoms with Gasteiger partial charge in [-0.3, -0.25) is 9.69 Å². The van der Waals surface area contributed by atoms with Crippen molar-refractivity contribution in [1.82, 2.24) is 25.3 Å². The number of fused-ring (bicyclic) bond motifs is 1. The van der Waals surface area contributed by atoms with E-state index in [-0.39, 0.29) is 18.0 Å². The van der Waals surface area contributed by atoms with E-state index in [2.05, 4.69) is 25.7 Å². The Morgan fingerprint density at radius 2 is 2.11 bits per heavy atom. The van der Waals surface area contributed by atoms with Crippen LogP contribution in [0.2, 0.25) is 0 Å². The number of rotatable bonds is 2. The molecular weight excluding hydrogens is 348 g/mol. The van der Waals surface area contributed by atoms with Crippen molar-refractivity contribution < 1.29 is 14.0 Å². The molecule has 0 spiro atoms. The Kier molecular flexibility index (Phi) is 4.53. The Labute approximate surface area is 156 Å². The molecule has 27 heavy (non-hydrogen) atoms. The number of anilines is 1. The highest BCUT2D eigenvalue weighted by Crippen LogP contribution is 2.25. The smallest absolute Gasteiger partial charge is 0.321 e. The van der Waals surface area contributed by atoms with Crippen LogP contribution in [0.15, 0.2) is 22.6 Å². The van der Waals surface area contributed by atoms with Crippen molar-refractivity contribution in [3.8, 4) is 11.5 Å². The molecule has 9 heteroatoms. The van der Waals surface area contributed by atoms with Crippen molar-refractivity contribution in [2.24, 2.45) is 0 Å². The molecule has 2 N–H and O–H groups in total. The van der Waals surface area contributed by atoms with Crippen LogP contribution in [0, 0.1) is 13.8 Å². The molecule has 3 heterocycles. The summed E-state index contributed by atoms with van der Waals surface area (Å²) in [5.74, 6) is 0.888. The Bertz CT molecular complexity index is 880. The van der Waals surface area contributed by atoms with Gasteiger partial charge in [0.2, 0.25) is 17.7 Å². The third-order valence-corrected chi connectivity index (χ3v) is 5.03. The molecule has 142 valence electrons. The molecule has 2 aromatic rings. The van der Waals surface area contributed by atoms with E-state index < -0.39 is 0 Å². The minimum Gasteiger partial charge on any atom is -0.421 e. The fourth-order valence-electron chi connectivity index (χ4n) is 3.46. The molecule has 3 amide bonds. The second kappa shape index (κ2) is 6.99. The number of aromatic nitrogens is 2. The van der Waals surface area contributed by atoms with Gasteiger partial charge in [0.05, 0.1) is 0 Å². The summed E-state index contributed by atoms with van der Waals surface area (Å²) in [6.45, 7) is 6.83. The van der Waals surface area contributed by atoms with Gasteiger partial charge < -0.3 is 20.0 Å². The predicted molar refractivity (Wildman–Crippen MR) is 98.2 cm³/mol. The van der Waals surface area contributed by atoms with Crippen LogP contribution in [-0.4, -0.2) is 70.7 Å². The number of hydrogen-bond donors (Lipinski definition) is 2. The van der Waals surface area contributed by atoms with Gasteiger partial charge in [-0.25, -0.2) is 4.79 Å². The van der Waals surface area contributed by atoms with Crippen LogP contribution in [0.5, 0.6) is 0 Å². The molecule has 2 fully saturated rings. The predicted octanol–water partition coefficient (Wildman–Crippen LogP) is 1.00. The van der Waals surface area contributed by atoms with Crippen LogP contribution in [-0.2, 0) is 4.79 Å². The summed E-state index contributed by atoms with van der Waals surface area (Å²) in [5, 5.41) is 13.7. The van der Waals surface area contributed by atoms with E-state index in [1.165, 1.54) is 0 Å². The highest BCUT2D eigenvalue weighted by Gasteiger charge is 2.36. The Hall–Kier alpha value is -2.94. The second-order valence-corrected chi connectivity index (χ2v) is 6.87. The lowest BCUT2D eigenvalue weighted by molar-refractivity contribution is -0.131. The van der Waals surface area contributed by atoms with Gasteiger partial charge >= 0.3 is 6.03 Å². The summed E-state index contributed by atoms with van der Waals surface area (Å²) in [6, 6.07) is 5.12. The van der Waals surface area contributed by atoms with E-state index in [0.29, 0.717) is 43.6 Å². The third-order valence-electron chi connectivity index (χ3n) is 5.03. The Morgan fingerprint density at radius 1 is 1.26 bits per heavy atom. The van der Waals surface area contributed by atoms with E-state index in [0.717, 1.165) is 17.7 Å². The molecule has 2 saturated heterocycles. The van der Waals surface area contributed by atoms with E-state index in [1.807, 2.05) is 25.1 Å². The maximum Gasteiger partial charge on any atom is 0.321 e. The van der Waals surface area contributed by atoms with Crippen molar-refractivity contribution in [1.29, 1.82) is 0 Å². The zero-order valence-corrected chi connectivity index (χ0v) is 15.4. The second-order valence-electron chi connectivity index (χ2n) is 6.87. The number of nitrogens with one attached hydrogen (secondary N) is 2. The van der Waals surface area contributed by atoms with Gasteiger partial charge in [-0.05, 0) is 24.6 Å². The number of nitrogens with zero attached hydrogens (tertiary/aromatic N) is 4. The highest BCUT2D eigenvalue weighted by molar-refractivity contribution is 5.92. The summed E-state index contributed by atoms with van der Waals surface area (Å²) >= 11 is 0. The minimum absolute atomic E-state index is 0.0105. The number of urea groups is 1. The van der Waals surface area contributed by atoms with Crippen LogP contribution in [0.25, 0.3) is 11.5 Å². The van der Waals surface area contributed by atoms with E-state index in [9.17, 15) is 9.59 Å². The summed E-state index contributed by atoms with van der Waals surface area (Å²) in [6.07, 6.45) is 0. The lowest BCUT2D eigenvalue weighted by Gasteiger charge is -2.42. The standard InChI is InChI=1S/C18H22N6O3/c1-11-3-4-13(17-22-21-12(2)27-17)9-14(11)20-18(26)24-8-7-23-6-5-19-16(25)15(23)10-24/h3-4,9,15H,5-8,10H2,1-2H3,(H,19,25)(H,20,26)/t15-/m1/s1. The average Bonchev–Trinajstić information content (AvgIpc) is 3.10. The topological polar surface area (TPSA) is 104 Å². The summed E-state index contributed by atoms with van der Waals surface area (Å²) < 4.78 is 5.46. The molecule has 0 saturated carbocycles. The van der Waals surface area contributed by atoms with Crippen LogP contribution >= 0.6 is 0 Å². The zero-order chi connectivity index (χ0) is 19.0. The summed E-state index contributed by atoms with van der Waals surface area (Å²) in [4.78, 5) is 28.7. The molecule has 1 aromatic carbocycles. The first-order chi connectivity index (χ1) is 13.0. The van der Waals surface area contributed by atoms with E-state index in [4.69, 9.17) is 4.42 Å². The average molecular weight is 370 g/mol. The van der Waals surface area contributed by atoms with Crippen LogP contribution < -0.4 is 10.6 Å². The van der Waals surface area contributed by atoms with Crippen LogP contribution in [0.4, 0.5) is 10.5 Å². The van der Waals surface area contributed by atoms with Crippen molar-refractivity contribution in [3.05, 3.63) is 29.7 Å². The Balaban J connectivity index is 1.48.